The van der Waals surface area contributed by atoms with Gasteiger partial charge >= 0.3 is 0 Å². The van der Waals surface area contributed by atoms with Crippen molar-refractivity contribution < 1.29 is 4.79 Å². The molecule has 0 aliphatic carbocycles. The van der Waals surface area contributed by atoms with Crippen molar-refractivity contribution in [3.05, 3.63) is 53.9 Å². The van der Waals surface area contributed by atoms with Crippen LogP contribution in [0.4, 0.5) is 5.95 Å². The molecule has 27 heavy (non-hydrogen) atoms. The predicted molar refractivity (Wildman–Crippen MR) is 107 cm³/mol. The Hall–Kier alpha value is -2.43. The zero-order chi connectivity index (χ0) is 18.5. The Kier molecular flexibility index (Phi) is 5.66. The molecule has 0 unspecified atom stereocenters. The van der Waals surface area contributed by atoms with Gasteiger partial charge in [-0.25, -0.2) is 9.97 Å². The van der Waals surface area contributed by atoms with Crippen LogP contribution in [0.5, 0.6) is 0 Å². The second-order valence-corrected chi connectivity index (χ2v) is 7.74. The Labute approximate surface area is 161 Å². The summed E-state index contributed by atoms with van der Waals surface area (Å²) in [5.74, 6) is 1.49. The number of nitrogens with zero attached hydrogens (tertiary/aromatic N) is 4. The van der Waals surface area contributed by atoms with Gasteiger partial charge in [0, 0.05) is 38.6 Å². The number of carbonyl (C=O) groups is 1. The number of hydrogen-bond donors (Lipinski definition) is 0. The third-order valence-corrected chi connectivity index (χ3v) is 5.79. The average Bonchev–Trinajstić information content (AvgIpc) is 2.75. The van der Waals surface area contributed by atoms with Crippen LogP contribution in [0.2, 0.25) is 0 Å². The van der Waals surface area contributed by atoms with Crippen molar-refractivity contribution >= 4 is 11.9 Å². The van der Waals surface area contributed by atoms with Crippen molar-refractivity contribution in [2.24, 2.45) is 5.92 Å². The van der Waals surface area contributed by atoms with Gasteiger partial charge in [-0.15, -0.1) is 0 Å². The number of anilines is 1. The number of amides is 1. The van der Waals surface area contributed by atoms with Crippen LogP contribution in [0, 0.1) is 5.92 Å². The van der Waals surface area contributed by atoms with E-state index in [-0.39, 0.29) is 5.91 Å². The van der Waals surface area contributed by atoms with Crippen LogP contribution in [-0.2, 0) is 6.42 Å². The first-order valence-electron chi connectivity index (χ1n) is 10.2. The van der Waals surface area contributed by atoms with Crippen LogP contribution < -0.4 is 4.90 Å². The number of benzene rings is 1. The highest BCUT2D eigenvalue weighted by atomic mass is 16.2. The number of hydrogen-bond acceptors (Lipinski definition) is 4. The molecule has 1 aromatic carbocycles. The SMILES string of the molecule is O=C(c1cnc(N2CCCCC2)nc1)N1CCC(Cc2ccccc2)CC1. The summed E-state index contributed by atoms with van der Waals surface area (Å²) in [5, 5.41) is 0. The van der Waals surface area contributed by atoms with Gasteiger partial charge in [-0.05, 0) is 50.0 Å². The minimum atomic E-state index is 0.0679. The number of piperidine rings is 2. The number of likely N-dealkylation sites (tertiary alicyclic amines) is 1. The summed E-state index contributed by atoms with van der Waals surface area (Å²) in [5.41, 5.74) is 2.00. The molecule has 2 fully saturated rings. The van der Waals surface area contributed by atoms with E-state index in [0.29, 0.717) is 11.5 Å². The van der Waals surface area contributed by atoms with Crippen LogP contribution in [0.3, 0.4) is 0 Å². The maximum absolute atomic E-state index is 12.8. The molecule has 3 heterocycles. The minimum Gasteiger partial charge on any atom is -0.341 e. The number of rotatable bonds is 4. The first-order chi connectivity index (χ1) is 13.3. The lowest BCUT2D eigenvalue weighted by atomic mass is 9.90. The third kappa shape index (κ3) is 4.46. The molecule has 4 rings (SSSR count). The van der Waals surface area contributed by atoms with E-state index in [1.807, 2.05) is 4.90 Å². The Morgan fingerprint density at radius 1 is 0.926 bits per heavy atom. The third-order valence-electron chi connectivity index (χ3n) is 5.79. The second-order valence-electron chi connectivity index (χ2n) is 7.74. The monoisotopic (exact) mass is 364 g/mol. The van der Waals surface area contributed by atoms with Gasteiger partial charge in [0.15, 0.2) is 0 Å². The molecule has 0 atom stereocenters. The van der Waals surface area contributed by atoms with Crippen LogP contribution in [0.1, 0.15) is 48.0 Å². The normalized spacial score (nSPS) is 18.5. The molecule has 1 aromatic heterocycles. The van der Waals surface area contributed by atoms with Crippen LogP contribution in [0.15, 0.2) is 42.7 Å². The van der Waals surface area contributed by atoms with E-state index in [4.69, 9.17) is 0 Å². The molecule has 5 nitrogen and oxygen atoms in total. The van der Waals surface area contributed by atoms with Crippen LogP contribution in [0.25, 0.3) is 0 Å². The quantitative estimate of drug-likeness (QED) is 0.832. The molecule has 142 valence electrons. The van der Waals surface area contributed by atoms with Crippen molar-refractivity contribution in [2.75, 3.05) is 31.1 Å². The van der Waals surface area contributed by atoms with Gasteiger partial charge < -0.3 is 9.80 Å². The molecule has 5 heteroatoms. The molecule has 2 aliphatic heterocycles. The van der Waals surface area contributed by atoms with Gasteiger partial charge in [0.25, 0.3) is 5.91 Å². The molecule has 0 spiro atoms. The second kappa shape index (κ2) is 8.51. The zero-order valence-electron chi connectivity index (χ0n) is 15.9. The fourth-order valence-electron chi connectivity index (χ4n) is 4.16. The van der Waals surface area contributed by atoms with Gasteiger partial charge in [-0.2, -0.15) is 0 Å². The fraction of sp³-hybridized carbons (Fsp3) is 0.500. The minimum absolute atomic E-state index is 0.0679. The van der Waals surface area contributed by atoms with Crippen LogP contribution in [-0.4, -0.2) is 47.0 Å². The topological polar surface area (TPSA) is 49.3 Å². The smallest absolute Gasteiger partial charge is 0.256 e. The van der Waals surface area contributed by atoms with E-state index >= 15 is 0 Å². The van der Waals surface area contributed by atoms with Gasteiger partial charge in [-0.1, -0.05) is 30.3 Å². The first kappa shape index (κ1) is 18.0. The Balaban J connectivity index is 1.31. The highest BCUT2D eigenvalue weighted by molar-refractivity contribution is 5.93. The summed E-state index contributed by atoms with van der Waals surface area (Å²) in [7, 11) is 0. The van der Waals surface area contributed by atoms with E-state index in [1.54, 1.807) is 12.4 Å². The molecular formula is C22H28N4O. The first-order valence-corrected chi connectivity index (χ1v) is 10.2. The Morgan fingerprint density at radius 3 is 2.26 bits per heavy atom. The maximum atomic E-state index is 12.8. The highest BCUT2D eigenvalue weighted by Gasteiger charge is 2.24. The molecule has 2 aromatic rings. The molecule has 0 radical (unpaired) electrons. The summed E-state index contributed by atoms with van der Waals surface area (Å²) < 4.78 is 0. The van der Waals surface area contributed by atoms with Crippen molar-refractivity contribution in [3.63, 3.8) is 0 Å². The number of carbonyl (C=O) groups excluding carboxylic acids is 1. The largest absolute Gasteiger partial charge is 0.341 e. The van der Waals surface area contributed by atoms with E-state index < -0.39 is 0 Å². The molecule has 0 bridgehead atoms. The van der Waals surface area contributed by atoms with Crippen molar-refractivity contribution in [3.8, 4) is 0 Å². The van der Waals surface area contributed by atoms with Crippen molar-refractivity contribution in [1.82, 2.24) is 14.9 Å². The lowest BCUT2D eigenvalue weighted by Gasteiger charge is -2.32. The van der Waals surface area contributed by atoms with Gasteiger partial charge in [-0.3, -0.25) is 4.79 Å². The zero-order valence-corrected chi connectivity index (χ0v) is 15.9. The van der Waals surface area contributed by atoms with Gasteiger partial charge in [0.2, 0.25) is 5.95 Å². The van der Waals surface area contributed by atoms with E-state index in [0.717, 1.165) is 51.4 Å². The van der Waals surface area contributed by atoms with E-state index in [1.165, 1.54) is 24.8 Å². The summed E-state index contributed by atoms with van der Waals surface area (Å²) in [6.07, 6.45) is 10.3. The van der Waals surface area contributed by atoms with E-state index in [9.17, 15) is 4.79 Å². The highest BCUT2D eigenvalue weighted by Crippen LogP contribution is 2.23. The standard InChI is InChI=1S/C22H28N4O/c27-21(20-16-23-22(24-17-20)26-11-5-2-6-12-26)25-13-9-19(10-14-25)15-18-7-3-1-4-8-18/h1,3-4,7-8,16-17,19H,2,5-6,9-15H2. The van der Waals surface area contributed by atoms with Crippen molar-refractivity contribution in [2.45, 2.75) is 38.5 Å². The van der Waals surface area contributed by atoms with Gasteiger partial charge in [0.05, 0.1) is 5.56 Å². The predicted octanol–water partition coefficient (Wildman–Crippen LogP) is 3.56. The lowest BCUT2D eigenvalue weighted by Crippen LogP contribution is -2.39. The van der Waals surface area contributed by atoms with Crippen LogP contribution >= 0.6 is 0 Å². The molecule has 2 aliphatic rings. The average molecular weight is 364 g/mol. The molecule has 0 N–H and O–H groups in total. The van der Waals surface area contributed by atoms with E-state index in [2.05, 4.69) is 45.2 Å². The fourth-order valence-corrected chi connectivity index (χ4v) is 4.16. The molecular weight excluding hydrogens is 336 g/mol. The Bertz CT molecular complexity index is 733. The van der Waals surface area contributed by atoms with Gasteiger partial charge in [0.1, 0.15) is 0 Å². The molecule has 2 saturated heterocycles. The molecule has 0 saturated carbocycles. The molecule has 1 amide bonds. The summed E-state index contributed by atoms with van der Waals surface area (Å²) >= 11 is 0. The Morgan fingerprint density at radius 2 is 1.59 bits per heavy atom. The maximum Gasteiger partial charge on any atom is 0.256 e. The lowest BCUT2D eigenvalue weighted by molar-refractivity contribution is 0.0689. The number of aromatic nitrogens is 2. The summed E-state index contributed by atoms with van der Waals surface area (Å²) in [6.45, 7) is 3.68. The van der Waals surface area contributed by atoms with Crippen molar-refractivity contribution in [1.29, 1.82) is 0 Å². The summed E-state index contributed by atoms with van der Waals surface area (Å²) in [6, 6.07) is 10.6. The summed E-state index contributed by atoms with van der Waals surface area (Å²) in [4.78, 5) is 25.9.